The van der Waals surface area contributed by atoms with Gasteiger partial charge in [0.25, 0.3) is 5.91 Å². The van der Waals surface area contributed by atoms with Crippen molar-refractivity contribution in [2.45, 2.75) is 18.7 Å². The summed E-state index contributed by atoms with van der Waals surface area (Å²) in [6.07, 6.45) is 1.38. The third kappa shape index (κ3) is 4.06. The molecule has 0 fully saturated rings. The van der Waals surface area contributed by atoms with Crippen molar-refractivity contribution in [2.75, 3.05) is 32.3 Å². The van der Waals surface area contributed by atoms with Crippen molar-refractivity contribution in [3.63, 3.8) is 0 Å². The maximum Gasteiger partial charge on any atom is 0.416 e. The van der Waals surface area contributed by atoms with Crippen molar-refractivity contribution < 1.29 is 34.0 Å². The number of hydrogen-bond acceptors (Lipinski definition) is 7. The number of aromatic hydroxyl groups is 1. The minimum Gasteiger partial charge on any atom is -0.504 e. The van der Waals surface area contributed by atoms with E-state index < -0.39 is 24.3 Å². The molecule has 0 aliphatic carbocycles. The normalized spacial score (nSPS) is 19.4. The molecule has 2 aliphatic heterocycles. The van der Waals surface area contributed by atoms with Gasteiger partial charge in [0.05, 0.1) is 31.5 Å². The van der Waals surface area contributed by atoms with E-state index in [4.69, 9.17) is 14.2 Å². The highest BCUT2D eigenvalue weighted by Gasteiger charge is 2.44. The molecular weight excluding hydrogens is 440 g/mol. The maximum absolute atomic E-state index is 13.5. The fraction of sp³-hybridized carbons (Fsp3) is 0.280. The van der Waals surface area contributed by atoms with Gasteiger partial charge in [-0.15, -0.1) is 0 Å². The third-order valence-electron chi connectivity index (χ3n) is 5.95. The van der Waals surface area contributed by atoms with Crippen molar-refractivity contribution in [2.24, 2.45) is 0 Å². The van der Waals surface area contributed by atoms with Crippen molar-refractivity contribution in [1.82, 2.24) is 4.90 Å². The summed E-state index contributed by atoms with van der Waals surface area (Å²) in [6, 6.07) is 9.20. The van der Waals surface area contributed by atoms with Crippen LogP contribution in [0.15, 0.2) is 55.1 Å². The summed E-state index contributed by atoms with van der Waals surface area (Å²) in [5.41, 5.74) is 1.97. The Kier molecular flexibility index (Phi) is 6.47. The largest absolute Gasteiger partial charge is 0.504 e. The van der Waals surface area contributed by atoms with E-state index in [1.165, 1.54) is 30.2 Å². The van der Waals surface area contributed by atoms with E-state index in [-0.39, 0.29) is 29.4 Å². The van der Waals surface area contributed by atoms with E-state index in [0.29, 0.717) is 18.7 Å². The van der Waals surface area contributed by atoms with E-state index >= 15 is 0 Å². The molecule has 2 atom stereocenters. The molecule has 34 heavy (non-hydrogen) atoms. The predicted octanol–water partition coefficient (Wildman–Crippen LogP) is 3.17. The predicted molar refractivity (Wildman–Crippen MR) is 125 cm³/mol. The van der Waals surface area contributed by atoms with Crippen molar-refractivity contribution in [1.29, 1.82) is 0 Å². The minimum atomic E-state index is -1.47. The smallest absolute Gasteiger partial charge is 0.416 e. The molecule has 0 radical (unpaired) electrons. The van der Waals surface area contributed by atoms with Crippen LogP contribution in [0, 0.1) is 0 Å². The number of fused-ring (bicyclic) bond motifs is 2. The van der Waals surface area contributed by atoms with Crippen LogP contribution in [0.2, 0.25) is 0 Å². The highest BCUT2D eigenvalue weighted by molar-refractivity contribution is 6.06. The lowest BCUT2D eigenvalue weighted by Gasteiger charge is -2.37. The minimum absolute atomic E-state index is 0.0265. The molecular formula is C25H26N2O7. The quantitative estimate of drug-likeness (QED) is 0.652. The van der Waals surface area contributed by atoms with Gasteiger partial charge in [0.2, 0.25) is 0 Å². The first-order valence-electron chi connectivity index (χ1n) is 10.7. The molecule has 2 aromatic rings. The number of amides is 2. The second kappa shape index (κ2) is 9.48. The van der Waals surface area contributed by atoms with Gasteiger partial charge in [0.1, 0.15) is 12.4 Å². The Morgan fingerprint density at radius 1 is 1.21 bits per heavy atom. The number of carbonyl (C=O) groups is 2. The fourth-order valence-corrected chi connectivity index (χ4v) is 4.25. The van der Waals surface area contributed by atoms with Gasteiger partial charge in [-0.2, -0.15) is 0 Å². The van der Waals surface area contributed by atoms with Gasteiger partial charge in [0.15, 0.2) is 17.7 Å². The molecule has 178 valence electrons. The summed E-state index contributed by atoms with van der Waals surface area (Å²) in [5, 5.41) is 21.7. The summed E-state index contributed by atoms with van der Waals surface area (Å²) < 4.78 is 15.6. The van der Waals surface area contributed by atoms with E-state index in [0.717, 1.165) is 16.0 Å². The van der Waals surface area contributed by atoms with Gasteiger partial charge < -0.3 is 29.3 Å². The molecule has 1 unspecified atom stereocenters. The van der Waals surface area contributed by atoms with E-state index in [1.54, 1.807) is 13.2 Å². The van der Waals surface area contributed by atoms with Crippen LogP contribution in [-0.4, -0.2) is 66.8 Å². The molecule has 0 aromatic heterocycles. The summed E-state index contributed by atoms with van der Waals surface area (Å²) in [6.45, 7) is 3.76. The average molecular weight is 466 g/mol. The number of hydrogen-bond donors (Lipinski definition) is 2. The monoisotopic (exact) mass is 466 g/mol. The first-order valence-corrected chi connectivity index (χ1v) is 10.7. The standard InChI is InChI=1S/C25H26N2O7/c1-4-11-34-25(31)27-19-14-21(28)22(33-3)13-18(19)23(29)26-10-9-16(12-20(26)24(27)30)15-5-7-17(32-2)8-6-15/h4-8,12-14,20,24,28,30H,1,9-11H2,2-3H3/t20-,24?/m0/s1. The Morgan fingerprint density at radius 2 is 1.94 bits per heavy atom. The highest BCUT2D eigenvalue weighted by atomic mass is 16.6. The highest BCUT2D eigenvalue weighted by Crippen LogP contribution is 2.40. The first-order chi connectivity index (χ1) is 16.4. The van der Waals surface area contributed by atoms with Crippen molar-refractivity contribution in [3.8, 4) is 17.2 Å². The van der Waals surface area contributed by atoms with E-state index in [1.807, 2.05) is 24.3 Å². The van der Waals surface area contributed by atoms with Crippen LogP contribution in [0.25, 0.3) is 5.57 Å². The van der Waals surface area contributed by atoms with Gasteiger partial charge in [0, 0.05) is 12.6 Å². The number of aliphatic hydroxyl groups excluding tert-OH is 1. The van der Waals surface area contributed by atoms with Crippen LogP contribution < -0.4 is 14.4 Å². The lowest BCUT2D eigenvalue weighted by Crippen LogP contribution is -2.54. The Labute approximate surface area is 197 Å². The first kappa shape index (κ1) is 23.2. The third-order valence-corrected chi connectivity index (χ3v) is 5.95. The Morgan fingerprint density at radius 3 is 2.59 bits per heavy atom. The van der Waals surface area contributed by atoms with Crippen LogP contribution in [0.1, 0.15) is 22.3 Å². The number of rotatable bonds is 5. The molecule has 2 aromatic carbocycles. The topological polar surface area (TPSA) is 109 Å². The zero-order valence-corrected chi connectivity index (χ0v) is 18.9. The zero-order valence-electron chi connectivity index (χ0n) is 18.9. The van der Waals surface area contributed by atoms with Crippen LogP contribution in [0.4, 0.5) is 10.5 Å². The van der Waals surface area contributed by atoms with Crippen LogP contribution in [0.3, 0.4) is 0 Å². The Bertz CT molecular complexity index is 1140. The van der Waals surface area contributed by atoms with E-state index in [2.05, 4.69) is 6.58 Å². The fourth-order valence-electron chi connectivity index (χ4n) is 4.25. The second-order valence-corrected chi connectivity index (χ2v) is 7.85. The number of carbonyl (C=O) groups excluding carboxylic acids is 2. The average Bonchev–Trinajstić information content (AvgIpc) is 2.94. The van der Waals surface area contributed by atoms with Gasteiger partial charge in [-0.1, -0.05) is 30.9 Å². The van der Waals surface area contributed by atoms with Crippen LogP contribution in [-0.2, 0) is 4.74 Å². The maximum atomic E-state index is 13.5. The van der Waals surface area contributed by atoms with Crippen LogP contribution >= 0.6 is 0 Å². The van der Waals surface area contributed by atoms with Gasteiger partial charge >= 0.3 is 6.09 Å². The number of aliphatic hydroxyl groups is 1. The van der Waals surface area contributed by atoms with E-state index in [9.17, 15) is 19.8 Å². The number of benzene rings is 2. The molecule has 0 saturated heterocycles. The molecule has 0 spiro atoms. The molecule has 9 heteroatoms. The van der Waals surface area contributed by atoms with Gasteiger partial charge in [-0.05, 0) is 35.8 Å². The molecule has 9 nitrogen and oxygen atoms in total. The number of anilines is 1. The van der Waals surface area contributed by atoms with Crippen LogP contribution in [0.5, 0.6) is 17.2 Å². The number of phenols is 1. The Hall–Kier alpha value is -3.98. The number of ether oxygens (including phenoxy) is 3. The molecule has 2 aliphatic rings. The second-order valence-electron chi connectivity index (χ2n) is 7.85. The lowest BCUT2D eigenvalue weighted by atomic mass is 9.94. The number of methoxy groups -OCH3 is 2. The van der Waals surface area contributed by atoms with Gasteiger partial charge in [-0.25, -0.2) is 9.69 Å². The molecule has 4 rings (SSSR count). The summed E-state index contributed by atoms with van der Waals surface area (Å²) in [7, 11) is 2.95. The SMILES string of the molecule is C=CCOC(=O)N1c2cc(O)c(OC)cc2C(=O)N2CCC(c3ccc(OC)cc3)=C[C@H]2C1O. The summed E-state index contributed by atoms with van der Waals surface area (Å²) in [4.78, 5) is 29.0. The molecule has 0 bridgehead atoms. The van der Waals surface area contributed by atoms with Crippen molar-refractivity contribution >= 4 is 23.3 Å². The zero-order chi connectivity index (χ0) is 24.4. The molecule has 2 N–H and O–H groups in total. The molecule has 0 saturated carbocycles. The molecule has 2 heterocycles. The number of nitrogens with zero attached hydrogens (tertiary/aromatic N) is 2. The molecule has 2 amide bonds. The number of phenolic OH excluding ortho intramolecular Hbond substituents is 1. The van der Waals surface area contributed by atoms with Crippen molar-refractivity contribution in [3.05, 3.63) is 66.3 Å². The van der Waals surface area contributed by atoms with Gasteiger partial charge in [-0.3, -0.25) is 4.79 Å². The Balaban J connectivity index is 1.81. The lowest BCUT2D eigenvalue weighted by molar-refractivity contribution is 0.0476. The summed E-state index contributed by atoms with van der Waals surface area (Å²) >= 11 is 0. The summed E-state index contributed by atoms with van der Waals surface area (Å²) in [5.74, 6) is 0.108.